The van der Waals surface area contributed by atoms with E-state index in [1.165, 1.54) is 0 Å². The number of halogens is 2. The van der Waals surface area contributed by atoms with Crippen LogP contribution in [0.15, 0.2) is 75.4 Å². The van der Waals surface area contributed by atoms with E-state index >= 15 is 0 Å². The van der Waals surface area contributed by atoms with Gasteiger partial charge in [-0.3, -0.25) is 4.79 Å². The molecule has 0 fully saturated rings. The summed E-state index contributed by atoms with van der Waals surface area (Å²) >= 11 is 9.46. The van der Waals surface area contributed by atoms with Crippen molar-refractivity contribution < 1.29 is 14.6 Å². The number of aromatic nitrogens is 1. The number of rotatable bonds is 7. The number of amides is 1. The smallest absolute Gasteiger partial charge is 0.302 e. The molecule has 0 aliphatic rings. The van der Waals surface area contributed by atoms with Crippen molar-refractivity contribution in [3.63, 3.8) is 0 Å². The largest absolute Gasteiger partial charge is 0.493 e. The van der Waals surface area contributed by atoms with Crippen molar-refractivity contribution in [3.05, 3.63) is 86.8 Å². The van der Waals surface area contributed by atoms with Gasteiger partial charge in [-0.2, -0.15) is 0 Å². The van der Waals surface area contributed by atoms with Gasteiger partial charge in [-0.05, 0) is 65.9 Å². The summed E-state index contributed by atoms with van der Waals surface area (Å²) in [7, 11) is 0. The Morgan fingerprint density at radius 2 is 1.86 bits per heavy atom. The molecule has 3 aromatic carbocycles. The van der Waals surface area contributed by atoms with E-state index in [9.17, 15) is 9.90 Å². The lowest BCUT2D eigenvalue weighted by atomic mass is 10.0. The van der Waals surface area contributed by atoms with Crippen molar-refractivity contribution in [2.45, 2.75) is 33.2 Å². The first-order valence-corrected chi connectivity index (χ1v) is 12.3. The average molecular weight is 555 g/mol. The molecule has 1 amide bonds. The molecule has 0 unspecified atom stereocenters. The molecule has 4 rings (SSSR count). The van der Waals surface area contributed by atoms with Crippen molar-refractivity contribution in [1.82, 2.24) is 4.57 Å². The third-order valence-electron chi connectivity index (χ3n) is 5.63. The number of benzene rings is 3. The van der Waals surface area contributed by atoms with Crippen LogP contribution in [0.2, 0.25) is 5.02 Å². The van der Waals surface area contributed by atoms with Crippen molar-refractivity contribution in [1.29, 1.82) is 0 Å². The molecule has 0 atom stereocenters. The minimum atomic E-state index is -0.547. The van der Waals surface area contributed by atoms with Crippen LogP contribution in [0.4, 0.5) is 5.69 Å². The Kier molecular flexibility index (Phi) is 7.57. The fourth-order valence-corrected chi connectivity index (χ4v) is 4.33. The van der Waals surface area contributed by atoms with Crippen molar-refractivity contribution in [2.24, 2.45) is 10.2 Å². The van der Waals surface area contributed by atoms with E-state index in [0.29, 0.717) is 22.7 Å². The lowest BCUT2D eigenvalue weighted by Gasteiger charge is -2.13. The van der Waals surface area contributed by atoms with Crippen molar-refractivity contribution in [3.8, 4) is 11.6 Å². The number of hydrogen-bond donors (Lipinski definition) is 1. The summed E-state index contributed by atoms with van der Waals surface area (Å²) in [5, 5.41) is 20.3. The second kappa shape index (κ2) is 10.6. The number of aryl methyl sites for hydroxylation is 1. The normalized spacial score (nSPS) is 11.6. The van der Waals surface area contributed by atoms with Gasteiger partial charge in [0.25, 0.3) is 0 Å². The van der Waals surface area contributed by atoms with E-state index in [1.807, 2.05) is 55.5 Å². The van der Waals surface area contributed by atoms with Crippen molar-refractivity contribution >= 4 is 50.0 Å². The van der Waals surface area contributed by atoms with Crippen LogP contribution in [0.1, 0.15) is 36.5 Å². The predicted octanol–water partition coefficient (Wildman–Crippen LogP) is 7.93. The second-order valence-electron chi connectivity index (χ2n) is 8.62. The maximum absolute atomic E-state index is 12.5. The number of azo groups is 1. The zero-order chi connectivity index (χ0) is 25.1. The first-order chi connectivity index (χ1) is 16.7. The number of carbonyl (C=O) groups is 1. The van der Waals surface area contributed by atoms with E-state index in [4.69, 9.17) is 16.3 Å². The third-order valence-corrected chi connectivity index (χ3v) is 6.37. The lowest BCUT2D eigenvalue weighted by molar-refractivity contribution is -0.120. The van der Waals surface area contributed by atoms with Crippen molar-refractivity contribution in [2.75, 3.05) is 6.61 Å². The average Bonchev–Trinajstić information content (AvgIpc) is 3.07. The van der Waals surface area contributed by atoms with Gasteiger partial charge in [-0.15, -0.1) is 10.2 Å². The number of nitrogens with zero attached hydrogens (tertiary/aromatic N) is 3. The highest BCUT2D eigenvalue weighted by Gasteiger charge is 2.18. The van der Waals surface area contributed by atoms with Crippen LogP contribution in [0, 0.1) is 6.92 Å². The molecule has 6 nitrogen and oxygen atoms in total. The molecule has 8 heteroatoms. The van der Waals surface area contributed by atoms with Crippen LogP contribution in [0.3, 0.4) is 0 Å². The molecular formula is C27H25BrClN3O3. The van der Waals surface area contributed by atoms with Gasteiger partial charge in [0, 0.05) is 14.9 Å². The first kappa shape index (κ1) is 24.9. The molecule has 0 saturated carbocycles. The SMILES string of the molecule is Cc1ccc(C(C)C)c(OCC(=O)N=Nc2c(O)n(Cc3ccc(Cl)cc3)c3ccc(Br)cc23)c1. The van der Waals surface area contributed by atoms with E-state index in [1.54, 1.807) is 16.7 Å². The Morgan fingerprint density at radius 1 is 1.11 bits per heavy atom. The Hall–Kier alpha value is -3.16. The molecule has 0 saturated heterocycles. The van der Waals surface area contributed by atoms with E-state index in [2.05, 4.69) is 40.0 Å². The lowest BCUT2D eigenvalue weighted by Crippen LogP contribution is -2.09. The third kappa shape index (κ3) is 5.74. The molecular weight excluding hydrogens is 530 g/mol. The highest BCUT2D eigenvalue weighted by atomic mass is 79.9. The monoisotopic (exact) mass is 553 g/mol. The van der Waals surface area contributed by atoms with Crippen LogP contribution in [0.5, 0.6) is 11.6 Å². The molecule has 0 aliphatic heterocycles. The molecule has 0 bridgehead atoms. The quantitative estimate of drug-likeness (QED) is 0.236. The number of fused-ring (bicyclic) bond motifs is 1. The van der Waals surface area contributed by atoms with Crippen LogP contribution < -0.4 is 4.74 Å². The summed E-state index contributed by atoms with van der Waals surface area (Å²) in [6, 6.07) is 18.9. The first-order valence-electron chi connectivity index (χ1n) is 11.2. The number of ether oxygens (including phenoxy) is 1. The maximum Gasteiger partial charge on any atom is 0.302 e. The highest BCUT2D eigenvalue weighted by Crippen LogP contribution is 2.40. The number of aromatic hydroxyl groups is 1. The molecule has 1 heterocycles. The van der Waals surface area contributed by atoms with Crippen LogP contribution in [0.25, 0.3) is 10.9 Å². The van der Waals surface area contributed by atoms with E-state index < -0.39 is 5.91 Å². The molecule has 0 aliphatic carbocycles. The summed E-state index contributed by atoms with van der Waals surface area (Å²) in [5.74, 6) is 0.292. The zero-order valence-corrected chi connectivity index (χ0v) is 22.0. The Morgan fingerprint density at radius 3 is 2.57 bits per heavy atom. The molecule has 1 aromatic heterocycles. The molecule has 1 N–H and O–H groups in total. The summed E-state index contributed by atoms with van der Waals surface area (Å²) in [4.78, 5) is 12.5. The molecule has 35 heavy (non-hydrogen) atoms. The Bertz CT molecular complexity index is 1410. The van der Waals surface area contributed by atoms with Crippen LogP contribution in [-0.4, -0.2) is 22.2 Å². The van der Waals surface area contributed by atoms with E-state index in [-0.39, 0.29) is 24.1 Å². The Labute approximate surface area is 217 Å². The number of carbonyl (C=O) groups excluding carboxylic acids is 1. The maximum atomic E-state index is 12.5. The molecule has 0 spiro atoms. The fourth-order valence-electron chi connectivity index (χ4n) is 3.84. The minimum Gasteiger partial charge on any atom is -0.493 e. The molecule has 180 valence electrons. The summed E-state index contributed by atoms with van der Waals surface area (Å²) < 4.78 is 8.31. The predicted molar refractivity (Wildman–Crippen MR) is 142 cm³/mol. The van der Waals surface area contributed by atoms with Gasteiger partial charge in [0.15, 0.2) is 12.3 Å². The van der Waals surface area contributed by atoms with Gasteiger partial charge in [-0.25, -0.2) is 0 Å². The molecule has 0 radical (unpaired) electrons. The van der Waals surface area contributed by atoms with Crippen LogP contribution in [-0.2, 0) is 11.3 Å². The number of hydrogen-bond acceptors (Lipinski definition) is 4. The van der Waals surface area contributed by atoms with Gasteiger partial charge < -0.3 is 14.4 Å². The second-order valence-corrected chi connectivity index (χ2v) is 9.98. The standard InChI is InChI=1S/C27H25BrClN3O3/c1-16(2)21-10-4-17(3)12-24(21)35-15-25(33)30-31-26-22-13-19(28)7-11-23(22)32(27(26)34)14-18-5-8-20(29)9-6-18/h4-13,16,34H,14-15H2,1-3H3. The Balaban J connectivity index is 1.59. The topological polar surface area (TPSA) is 76.2 Å². The minimum absolute atomic E-state index is 0.0775. The van der Waals surface area contributed by atoms with Gasteiger partial charge in [0.05, 0.1) is 12.1 Å². The van der Waals surface area contributed by atoms with Crippen LogP contribution >= 0.6 is 27.5 Å². The zero-order valence-electron chi connectivity index (χ0n) is 19.6. The summed E-state index contributed by atoms with van der Waals surface area (Å²) in [5.41, 5.74) is 4.01. The van der Waals surface area contributed by atoms with Gasteiger partial charge >= 0.3 is 5.91 Å². The van der Waals surface area contributed by atoms with Gasteiger partial charge in [0.2, 0.25) is 5.88 Å². The van der Waals surface area contributed by atoms with Gasteiger partial charge in [-0.1, -0.05) is 65.6 Å². The summed E-state index contributed by atoms with van der Waals surface area (Å²) in [6.45, 7) is 6.26. The van der Waals surface area contributed by atoms with E-state index in [0.717, 1.165) is 26.7 Å². The highest BCUT2D eigenvalue weighted by molar-refractivity contribution is 9.10. The molecule has 4 aromatic rings. The summed E-state index contributed by atoms with van der Waals surface area (Å²) in [6.07, 6.45) is 0. The van der Waals surface area contributed by atoms with Gasteiger partial charge in [0.1, 0.15) is 5.75 Å². The fraction of sp³-hybridized carbons (Fsp3) is 0.222.